The van der Waals surface area contributed by atoms with E-state index in [4.69, 9.17) is 4.74 Å². The third kappa shape index (κ3) is 4.15. The molecule has 0 saturated heterocycles. The van der Waals surface area contributed by atoms with Gasteiger partial charge in [0.15, 0.2) is 11.6 Å². The Bertz CT molecular complexity index is 672. The molecule has 0 unspecified atom stereocenters. The molecular formula is C17H17FN2O2. The van der Waals surface area contributed by atoms with Crippen molar-refractivity contribution in [2.45, 2.75) is 13.0 Å². The lowest BCUT2D eigenvalue weighted by molar-refractivity contribution is -0.117. The van der Waals surface area contributed by atoms with Gasteiger partial charge in [-0.3, -0.25) is 9.78 Å². The lowest BCUT2D eigenvalue weighted by atomic mass is 10.1. The maximum absolute atomic E-state index is 13.7. The fourth-order valence-electron chi connectivity index (χ4n) is 1.94. The van der Waals surface area contributed by atoms with Crippen molar-refractivity contribution in [2.24, 2.45) is 0 Å². The number of ether oxygens (including phenoxy) is 1. The van der Waals surface area contributed by atoms with Crippen LogP contribution in [0.5, 0.6) is 5.75 Å². The highest BCUT2D eigenvalue weighted by molar-refractivity contribution is 5.91. The first-order chi connectivity index (χ1) is 10.6. The minimum Gasteiger partial charge on any atom is -0.494 e. The molecule has 0 aliphatic heterocycles. The van der Waals surface area contributed by atoms with Crippen LogP contribution in [0.3, 0.4) is 0 Å². The number of aromatic nitrogens is 1. The molecule has 1 heterocycles. The number of hydrogen-bond donors (Lipinski definition) is 1. The van der Waals surface area contributed by atoms with Crippen LogP contribution in [0.4, 0.5) is 4.39 Å². The molecule has 1 aromatic heterocycles. The van der Waals surface area contributed by atoms with Gasteiger partial charge in [-0.15, -0.1) is 0 Å². The van der Waals surface area contributed by atoms with Crippen molar-refractivity contribution >= 4 is 12.0 Å². The van der Waals surface area contributed by atoms with Crippen LogP contribution < -0.4 is 10.1 Å². The molecule has 0 bridgehead atoms. The second-order valence-corrected chi connectivity index (χ2v) is 4.74. The van der Waals surface area contributed by atoms with Crippen LogP contribution in [-0.4, -0.2) is 18.0 Å². The van der Waals surface area contributed by atoms with E-state index in [-0.39, 0.29) is 17.7 Å². The summed E-state index contributed by atoms with van der Waals surface area (Å²) in [4.78, 5) is 15.8. The van der Waals surface area contributed by atoms with Crippen molar-refractivity contribution in [3.05, 3.63) is 65.7 Å². The zero-order valence-corrected chi connectivity index (χ0v) is 12.4. The van der Waals surface area contributed by atoms with E-state index in [2.05, 4.69) is 10.3 Å². The van der Waals surface area contributed by atoms with Gasteiger partial charge in [-0.2, -0.15) is 0 Å². The number of rotatable bonds is 5. The molecule has 1 amide bonds. The van der Waals surface area contributed by atoms with E-state index in [9.17, 15) is 9.18 Å². The number of amides is 1. The smallest absolute Gasteiger partial charge is 0.244 e. The molecule has 2 aromatic rings. The molecule has 0 aliphatic rings. The van der Waals surface area contributed by atoms with Crippen molar-refractivity contribution in [3.63, 3.8) is 0 Å². The highest BCUT2D eigenvalue weighted by Crippen LogP contribution is 2.21. The fourth-order valence-corrected chi connectivity index (χ4v) is 1.94. The Labute approximate surface area is 128 Å². The molecule has 2 rings (SSSR count). The van der Waals surface area contributed by atoms with E-state index in [1.165, 1.54) is 19.3 Å². The largest absolute Gasteiger partial charge is 0.494 e. The highest BCUT2D eigenvalue weighted by atomic mass is 19.1. The third-order valence-electron chi connectivity index (χ3n) is 3.15. The number of benzene rings is 1. The lowest BCUT2D eigenvalue weighted by Gasteiger charge is -2.14. The Morgan fingerprint density at radius 3 is 2.86 bits per heavy atom. The summed E-state index contributed by atoms with van der Waals surface area (Å²) in [6.45, 7) is 1.79. The van der Waals surface area contributed by atoms with Gasteiger partial charge in [0.05, 0.1) is 13.2 Å². The molecule has 0 radical (unpaired) electrons. The van der Waals surface area contributed by atoms with Crippen molar-refractivity contribution in [1.29, 1.82) is 0 Å². The summed E-state index contributed by atoms with van der Waals surface area (Å²) in [7, 11) is 1.41. The van der Waals surface area contributed by atoms with E-state index in [0.29, 0.717) is 5.56 Å². The maximum atomic E-state index is 13.7. The average molecular weight is 300 g/mol. The molecule has 114 valence electrons. The zero-order chi connectivity index (χ0) is 15.9. The lowest BCUT2D eigenvalue weighted by Crippen LogP contribution is -2.24. The molecule has 0 spiro atoms. The minimum absolute atomic E-state index is 0.179. The predicted octanol–water partition coefficient (Wildman–Crippen LogP) is 3.12. The number of methoxy groups -OCH3 is 1. The first-order valence-electron chi connectivity index (χ1n) is 6.82. The number of nitrogens with one attached hydrogen (secondary N) is 1. The van der Waals surface area contributed by atoms with Crippen LogP contribution in [0.2, 0.25) is 0 Å². The van der Waals surface area contributed by atoms with E-state index in [1.807, 2.05) is 6.07 Å². The van der Waals surface area contributed by atoms with Crippen LogP contribution in [0, 0.1) is 5.82 Å². The first-order valence-corrected chi connectivity index (χ1v) is 6.82. The average Bonchev–Trinajstić information content (AvgIpc) is 2.53. The van der Waals surface area contributed by atoms with Crippen LogP contribution in [0.25, 0.3) is 6.08 Å². The van der Waals surface area contributed by atoms with Crippen molar-refractivity contribution in [1.82, 2.24) is 10.3 Å². The SMILES string of the molecule is COc1ccc([C@H](C)NC(=O)/C=C\c2cccnc2)cc1F. The number of nitrogens with zero attached hydrogens (tertiary/aromatic N) is 1. The first kappa shape index (κ1) is 15.7. The number of carbonyl (C=O) groups excluding carboxylic acids is 1. The standard InChI is InChI=1S/C17H17FN2O2/c1-12(14-6-7-16(22-2)15(18)10-14)20-17(21)8-5-13-4-3-9-19-11-13/h3-12H,1-2H3,(H,20,21)/b8-5-/t12-/m0/s1. The van der Waals surface area contributed by atoms with Gasteiger partial charge in [0.2, 0.25) is 5.91 Å². The topological polar surface area (TPSA) is 51.2 Å². The van der Waals surface area contributed by atoms with Gasteiger partial charge < -0.3 is 10.1 Å². The van der Waals surface area contributed by atoms with Crippen molar-refractivity contribution in [3.8, 4) is 5.75 Å². The summed E-state index contributed by atoms with van der Waals surface area (Å²) in [5.74, 6) is -0.529. The van der Waals surface area contributed by atoms with Crippen LogP contribution in [0.15, 0.2) is 48.8 Å². The molecule has 1 atom stereocenters. The summed E-state index contributed by atoms with van der Waals surface area (Å²) in [6.07, 6.45) is 6.42. The molecule has 22 heavy (non-hydrogen) atoms. The summed E-state index contributed by atoms with van der Waals surface area (Å²) >= 11 is 0. The molecule has 0 aliphatic carbocycles. The normalized spacial score (nSPS) is 12.1. The van der Waals surface area contributed by atoms with Crippen LogP contribution >= 0.6 is 0 Å². The summed E-state index contributed by atoms with van der Waals surface area (Å²) < 4.78 is 18.5. The van der Waals surface area contributed by atoms with E-state index < -0.39 is 5.82 Å². The summed E-state index contributed by atoms with van der Waals surface area (Å²) in [5, 5.41) is 2.78. The van der Waals surface area contributed by atoms with Gasteiger partial charge in [0.1, 0.15) is 0 Å². The van der Waals surface area contributed by atoms with Crippen molar-refractivity contribution < 1.29 is 13.9 Å². The van der Waals surface area contributed by atoms with Gasteiger partial charge in [-0.1, -0.05) is 12.1 Å². The van der Waals surface area contributed by atoms with Crippen molar-refractivity contribution in [2.75, 3.05) is 7.11 Å². The number of hydrogen-bond acceptors (Lipinski definition) is 3. The number of halogens is 1. The fraction of sp³-hybridized carbons (Fsp3) is 0.176. The highest BCUT2D eigenvalue weighted by Gasteiger charge is 2.10. The van der Waals surface area contributed by atoms with E-state index in [1.54, 1.807) is 43.6 Å². The van der Waals surface area contributed by atoms with Gasteiger partial charge >= 0.3 is 0 Å². The summed E-state index contributed by atoms with van der Waals surface area (Å²) in [5.41, 5.74) is 1.50. The Hall–Kier alpha value is -2.69. The monoisotopic (exact) mass is 300 g/mol. The molecule has 4 nitrogen and oxygen atoms in total. The zero-order valence-electron chi connectivity index (χ0n) is 12.4. The third-order valence-corrected chi connectivity index (χ3v) is 3.15. The molecule has 1 N–H and O–H groups in total. The Balaban J connectivity index is 1.99. The molecule has 1 aromatic carbocycles. The van der Waals surface area contributed by atoms with Gasteiger partial charge in [0.25, 0.3) is 0 Å². The second-order valence-electron chi connectivity index (χ2n) is 4.74. The summed E-state index contributed by atoms with van der Waals surface area (Å²) in [6, 6.07) is 7.94. The predicted molar refractivity (Wildman–Crippen MR) is 82.8 cm³/mol. The molecular weight excluding hydrogens is 283 g/mol. The van der Waals surface area contributed by atoms with Gasteiger partial charge in [0, 0.05) is 18.5 Å². The maximum Gasteiger partial charge on any atom is 0.244 e. The second kappa shape index (κ2) is 7.36. The Morgan fingerprint density at radius 1 is 1.41 bits per heavy atom. The van der Waals surface area contributed by atoms with E-state index in [0.717, 1.165) is 5.56 Å². The van der Waals surface area contributed by atoms with Crippen LogP contribution in [-0.2, 0) is 4.79 Å². The van der Waals surface area contributed by atoms with Gasteiger partial charge in [-0.25, -0.2) is 4.39 Å². The number of pyridine rings is 1. The van der Waals surface area contributed by atoms with Crippen LogP contribution in [0.1, 0.15) is 24.1 Å². The molecule has 0 saturated carbocycles. The number of carbonyl (C=O) groups is 1. The van der Waals surface area contributed by atoms with Gasteiger partial charge in [-0.05, 0) is 42.3 Å². The van der Waals surface area contributed by atoms with E-state index >= 15 is 0 Å². The minimum atomic E-state index is -0.452. The Morgan fingerprint density at radius 2 is 2.23 bits per heavy atom. The molecule has 0 fully saturated rings. The Kier molecular flexibility index (Phi) is 5.25. The quantitative estimate of drug-likeness (QED) is 0.863. The molecule has 5 heteroatoms.